The van der Waals surface area contributed by atoms with Crippen molar-refractivity contribution in [2.24, 2.45) is 10.8 Å². The fraction of sp³-hybridized carbons (Fsp3) is 0.533. The van der Waals surface area contributed by atoms with E-state index in [4.69, 9.17) is 0 Å². The van der Waals surface area contributed by atoms with Crippen molar-refractivity contribution in [1.29, 1.82) is 0 Å². The van der Waals surface area contributed by atoms with Gasteiger partial charge in [0.1, 0.15) is 13.2 Å². The minimum absolute atomic E-state index is 0.0871. The maximum atomic E-state index is 14.1. The molecule has 0 aliphatic rings. The Labute approximate surface area is 243 Å². The summed E-state index contributed by atoms with van der Waals surface area (Å²) in [7, 11) is 0. The lowest BCUT2D eigenvalue weighted by Gasteiger charge is -2.32. The Morgan fingerprint density at radius 3 is 1.52 bits per heavy atom. The van der Waals surface area contributed by atoms with Crippen molar-refractivity contribution in [2.75, 3.05) is 19.8 Å². The van der Waals surface area contributed by atoms with Gasteiger partial charge in [0.2, 0.25) is 0 Å². The van der Waals surface area contributed by atoms with Crippen molar-refractivity contribution < 1.29 is 50.1 Å². The highest BCUT2D eigenvalue weighted by atomic mass is 19.3. The van der Waals surface area contributed by atoms with E-state index in [2.05, 4.69) is 53.7 Å². The van der Waals surface area contributed by atoms with Gasteiger partial charge in [-0.2, -0.15) is 17.6 Å². The van der Waals surface area contributed by atoms with Gasteiger partial charge < -0.3 is 10.1 Å². The Morgan fingerprint density at radius 2 is 1.10 bits per heavy atom. The number of halogens is 6. The normalized spacial score (nSPS) is 12.7. The van der Waals surface area contributed by atoms with Gasteiger partial charge in [0.25, 0.3) is 0 Å². The van der Waals surface area contributed by atoms with Crippen LogP contribution in [0.2, 0.25) is 0 Å². The number of hydrogen-bond acceptors (Lipinski definition) is 5. The van der Waals surface area contributed by atoms with Gasteiger partial charge in [-0.15, -0.1) is 48.3 Å². The van der Waals surface area contributed by atoms with Crippen LogP contribution in [-0.4, -0.2) is 50.0 Å². The minimum atomic E-state index is -5.61. The van der Waals surface area contributed by atoms with E-state index in [-0.39, 0.29) is 25.7 Å². The molecule has 0 atom stereocenters. The van der Waals surface area contributed by atoms with Crippen LogP contribution in [0.15, 0.2) is 75.9 Å². The largest absolute Gasteiger partial charge is 0.495 e. The van der Waals surface area contributed by atoms with E-state index in [0.29, 0.717) is 25.7 Å². The van der Waals surface area contributed by atoms with Crippen molar-refractivity contribution in [3.8, 4) is 0 Å². The first-order chi connectivity index (χ1) is 19.5. The number of alkyl halides is 6. The molecule has 12 heteroatoms. The van der Waals surface area contributed by atoms with Crippen molar-refractivity contribution in [2.45, 2.75) is 69.9 Å². The number of allylic oxidation sites excluding steroid dienone is 6. The summed E-state index contributed by atoms with van der Waals surface area (Å²) in [6.07, 6.45) is -3.81. The van der Waals surface area contributed by atoms with Crippen LogP contribution in [0.1, 0.15) is 51.4 Å². The van der Waals surface area contributed by atoms with Gasteiger partial charge in [-0.1, -0.05) is 36.5 Å². The van der Waals surface area contributed by atoms with Crippen LogP contribution in [0.4, 0.5) is 26.3 Å². The van der Waals surface area contributed by atoms with Gasteiger partial charge in [0.15, 0.2) is 5.78 Å². The standard InChI is InChI=1S/C30H41F6NO5/c1-7-14-26(15-8-2,16-9-3)20-13-24(38)21-40-23-28(31,32)41-30(35,36)42-29(33,34)25(39)37-22-27(17-10-4,18-11-5)19-12-6/h7-12H,1-6,13-23H2,(H,37,39). The Hall–Kier alpha value is -2.96. The van der Waals surface area contributed by atoms with Crippen LogP contribution >= 0.6 is 0 Å². The molecular formula is C30H41F6NO5. The smallest absolute Gasteiger partial charge is 0.365 e. The first-order valence-corrected chi connectivity index (χ1v) is 13.1. The zero-order valence-corrected chi connectivity index (χ0v) is 23.8. The van der Waals surface area contributed by atoms with E-state index in [0.717, 1.165) is 0 Å². The number of amides is 1. The summed E-state index contributed by atoms with van der Waals surface area (Å²) in [5, 5.41) is 1.78. The van der Waals surface area contributed by atoms with Crippen LogP contribution in [-0.2, 0) is 23.8 Å². The lowest BCUT2D eigenvalue weighted by Crippen LogP contribution is -2.51. The Kier molecular flexibility index (Phi) is 16.6. The molecule has 0 saturated carbocycles. The summed E-state index contributed by atoms with van der Waals surface area (Å²) in [5.41, 5.74) is -1.28. The van der Waals surface area contributed by atoms with Crippen LogP contribution in [0.3, 0.4) is 0 Å². The Morgan fingerprint density at radius 1 is 0.667 bits per heavy atom. The minimum Gasteiger partial charge on any atom is -0.365 e. The van der Waals surface area contributed by atoms with Gasteiger partial charge >= 0.3 is 24.4 Å². The summed E-state index contributed by atoms with van der Waals surface area (Å²) in [5.74, 6) is -2.92. The van der Waals surface area contributed by atoms with Crippen molar-refractivity contribution in [1.82, 2.24) is 5.32 Å². The first kappa shape index (κ1) is 39.0. The highest BCUT2D eigenvalue weighted by molar-refractivity contribution is 5.82. The molecule has 0 radical (unpaired) electrons. The number of carbonyl (C=O) groups is 2. The molecule has 42 heavy (non-hydrogen) atoms. The predicted molar refractivity (Wildman–Crippen MR) is 149 cm³/mol. The molecule has 0 bridgehead atoms. The van der Waals surface area contributed by atoms with Gasteiger partial charge in [-0.25, -0.2) is 9.47 Å². The molecule has 0 fully saturated rings. The molecule has 0 aromatic heterocycles. The molecule has 0 aliphatic carbocycles. The lowest BCUT2D eigenvalue weighted by atomic mass is 9.74. The molecule has 238 valence electrons. The fourth-order valence-electron chi connectivity index (χ4n) is 4.41. The van der Waals surface area contributed by atoms with Crippen LogP contribution in [0.5, 0.6) is 0 Å². The highest BCUT2D eigenvalue weighted by Crippen LogP contribution is 2.38. The third-order valence-corrected chi connectivity index (χ3v) is 6.33. The van der Waals surface area contributed by atoms with Crippen molar-refractivity contribution in [3.63, 3.8) is 0 Å². The molecule has 0 aromatic rings. The second kappa shape index (κ2) is 17.9. The molecule has 0 heterocycles. The summed E-state index contributed by atoms with van der Waals surface area (Å²) < 4.78 is 94.6. The monoisotopic (exact) mass is 609 g/mol. The molecule has 0 unspecified atom stereocenters. The highest BCUT2D eigenvalue weighted by Gasteiger charge is 2.55. The zero-order valence-electron chi connectivity index (χ0n) is 23.8. The third-order valence-electron chi connectivity index (χ3n) is 6.33. The predicted octanol–water partition coefficient (Wildman–Crippen LogP) is 7.67. The average Bonchev–Trinajstić information content (AvgIpc) is 2.85. The first-order valence-electron chi connectivity index (χ1n) is 13.1. The summed E-state index contributed by atoms with van der Waals surface area (Å²) in [6.45, 7) is 18.6. The molecule has 0 saturated heterocycles. The SMILES string of the molecule is C=CCC(CC=C)(CC=C)CCC(=O)COCC(F)(F)OC(F)(F)OC(F)(F)C(=O)NCC(CC=C)(CC=C)CC=C. The number of hydrogen-bond donors (Lipinski definition) is 1. The molecule has 1 N–H and O–H groups in total. The zero-order chi connectivity index (χ0) is 32.5. The van der Waals surface area contributed by atoms with E-state index >= 15 is 0 Å². The number of ether oxygens (including phenoxy) is 3. The fourth-order valence-corrected chi connectivity index (χ4v) is 4.41. The molecular weight excluding hydrogens is 568 g/mol. The summed E-state index contributed by atoms with van der Waals surface area (Å²) in [6, 6.07) is 0. The number of nitrogens with one attached hydrogen (secondary N) is 1. The second-order valence-electron chi connectivity index (χ2n) is 9.99. The topological polar surface area (TPSA) is 73.9 Å². The van der Waals surface area contributed by atoms with Crippen molar-refractivity contribution in [3.05, 3.63) is 75.9 Å². The van der Waals surface area contributed by atoms with Gasteiger partial charge in [0, 0.05) is 13.0 Å². The van der Waals surface area contributed by atoms with E-state index in [1.807, 2.05) is 0 Å². The maximum Gasteiger partial charge on any atom is 0.495 e. The molecule has 0 spiro atoms. The number of carbonyl (C=O) groups excluding carboxylic acids is 2. The molecule has 1 amide bonds. The van der Waals surface area contributed by atoms with E-state index in [1.54, 1.807) is 23.5 Å². The van der Waals surface area contributed by atoms with E-state index in [9.17, 15) is 35.9 Å². The number of Topliss-reactive ketones (excluding diaryl/α,β-unsaturated/α-hetero) is 1. The molecule has 0 aliphatic heterocycles. The molecule has 6 nitrogen and oxygen atoms in total. The van der Waals surface area contributed by atoms with Crippen LogP contribution in [0.25, 0.3) is 0 Å². The summed E-state index contributed by atoms with van der Waals surface area (Å²) in [4.78, 5) is 24.1. The second-order valence-corrected chi connectivity index (χ2v) is 9.99. The summed E-state index contributed by atoms with van der Waals surface area (Å²) >= 11 is 0. The van der Waals surface area contributed by atoms with Gasteiger partial charge in [0.05, 0.1) is 0 Å². The molecule has 0 rings (SSSR count). The van der Waals surface area contributed by atoms with Gasteiger partial charge in [-0.05, 0) is 55.8 Å². The quantitative estimate of drug-likeness (QED) is 0.0619. The maximum absolute atomic E-state index is 14.1. The Bertz CT molecular complexity index is 897. The van der Waals surface area contributed by atoms with Crippen molar-refractivity contribution >= 4 is 11.7 Å². The van der Waals surface area contributed by atoms with E-state index in [1.165, 1.54) is 18.2 Å². The van der Waals surface area contributed by atoms with Gasteiger partial charge in [-0.3, -0.25) is 9.59 Å². The average molecular weight is 610 g/mol. The van der Waals surface area contributed by atoms with Crippen LogP contribution in [0, 0.1) is 10.8 Å². The van der Waals surface area contributed by atoms with E-state index < -0.39 is 60.8 Å². The number of rotatable bonds is 26. The van der Waals surface area contributed by atoms with Crippen LogP contribution < -0.4 is 5.32 Å². The lowest BCUT2D eigenvalue weighted by molar-refractivity contribution is -0.507. The third kappa shape index (κ3) is 14.3. The Balaban J connectivity index is 5.09. The number of ketones is 1. The molecule has 0 aromatic carbocycles.